The molecule has 1 amide bonds. The number of hydrogen-bond acceptors (Lipinski definition) is 3. The van der Waals surface area contributed by atoms with Gasteiger partial charge in [-0.1, -0.05) is 39.8 Å². The smallest absolute Gasteiger partial charge is 0.268 e. The number of nitrogens with zero attached hydrogens (tertiary/aromatic N) is 1. The Bertz CT molecular complexity index is 566. The second-order valence-corrected chi connectivity index (χ2v) is 6.52. The molecule has 1 aliphatic heterocycles. The van der Waals surface area contributed by atoms with Gasteiger partial charge in [0.25, 0.3) is 5.91 Å². The first-order valence-electron chi connectivity index (χ1n) is 7.85. The zero-order valence-electron chi connectivity index (χ0n) is 13.9. The number of fused-ring (bicyclic) bond motifs is 1. The van der Waals surface area contributed by atoms with E-state index in [4.69, 9.17) is 10.5 Å². The number of anilines is 1. The number of hydrogen-bond donors (Lipinski definition) is 1. The van der Waals surface area contributed by atoms with Crippen LogP contribution in [0.15, 0.2) is 30.9 Å². The van der Waals surface area contributed by atoms with Crippen molar-refractivity contribution < 1.29 is 9.53 Å². The van der Waals surface area contributed by atoms with E-state index in [-0.39, 0.29) is 17.9 Å². The van der Waals surface area contributed by atoms with Crippen LogP contribution in [0, 0.1) is 11.8 Å². The minimum absolute atomic E-state index is 0.0160. The molecule has 0 radical (unpaired) electrons. The van der Waals surface area contributed by atoms with E-state index >= 15 is 0 Å². The molecule has 0 bridgehead atoms. The summed E-state index contributed by atoms with van der Waals surface area (Å²) in [6, 6.07) is 5.82. The molecular weight excluding hydrogens is 276 g/mol. The quantitative estimate of drug-likeness (QED) is 0.849. The number of carbonyl (C=O) groups excluding carboxylic acids is 1. The van der Waals surface area contributed by atoms with Gasteiger partial charge in [-0.3, -0.25) is 4.79 Å². The van der Waals surface area contributed by atoms with Gasteiger partial charge in [0, 0.05) is 12.6 Å². The second-order valence-electron chi connectivity index (χ2n) is 6.52. The van der Waals surface area contributed by atoms with E-state index in [1.54, 1.807) is 11.0 Å². The third kappa shape index (κ3) is 3.02. The fourth-order valence-electron chi connectivity index (χ4n) is 2.64. The molecule has 1 aliphatic rings. The molecular formula is C18H26N2O2. The Morgan fingerprint density at radius 2 is 2.05 bits per heavy atom. The number of benzene rings is 1. The summed E-state index contributed by atoms with van der Waals surface area (Å²) in [6.45, 7) is 12.4. The van der Waals surface area contributed by atoms with Crippen LogP contribution in [0.2, 0.25) is 0 Å². The largest absolute Gasteiger partial charge is 0.478 e. The second kappa shape index (κ2) is 6.53. The summed E-state index contributed by atoms with van der Waals surface area (Å²) in [4.78, 5) is 14.4. The highest BCUT2D eigenvalue weighted by atomic mass is 16.5. The van der Waals surface area contributed by atoms with Crippen molar-refractivity contribution in [3.8, 4) is 5.75 Å². The molecule has 1 aromatic carbocycles. The molecule has 0 saturated heterocycles. The zero-order valence-corrected chi connectivity index (χ0v) is 13.9. The van der Waals surface area contributed by atoms with Gasteiger partial charge in [0.1, 0.15) is 5.75 Å². The van der Waals surface area contributed by atoms with Crippen LogP contribution in [0.4, 0.5) is 5.69 Å². The topological polar surface area (TPSA) is 55.6 Å². The van der Waals surface area contributed by atoms with Crippen LogP contribution in [0.3, 0.4) is 0 Å². The van der Waals surface area contributed by atoms with E-state index in [1.165, 1.54) is 0 Å². The summed E-state index contributed by atoms with van der Waals surface area (Å²) in [7, 11) is 0. The van der Waals surface area contributed by atoms with Crippen molar-refractivity contribution in [2.45, 2.75) is 39.8 Å². The predicted octanol–water partition coefficient (Wildman–Crippen LogP) is 3.28. The van der Waals surface area contributed by atoms with Crippen molar-refractivity contribution in [2.75, 3.05) is 11.4 Å². The third-order valence-corrected chi connectivity index (χ3v) is 4.06. The lowest BCUT2D eigenvalue weighted by Crippen LogP contribution is -2.48. The summed E-state index contributed by atoms with van der Waals surface area (Å²) >= 11 is 0. The molecule has 2 N–H and O–H groups in total. The molecule has 4 heteroatoms. The van der Waals surface area contributed by atoms with E-state index < -0.39 is 6.10 Å². The van der Waals surface area contributed by atoms with Gasteiger partial charge in [-0.2, -0.15) is 0 Å². The van der Waals surface area contributed by atoms with Gasteiger partial charge in [-0.25, -0.2) is 0 Å². The van der Waals surface area contributed by atoms with Crippen LogP contribution in [0.1, 0.15) is 39.3 Å². The summed E-state index contributed by atoms with van der Waals surface area (Å²) in [5.74, 6) is 1.16. The molecule has 2 atom stereocenters. The lowest BCUT2D eigenvalue weighted by Gasteiger charge is -2.36. The highest BCUT2D eigenvalue weighted by Crippen LogP contribution is 2.38. The minimum Gasteiger partial charge on any atom is -0.478 e. The van der Waals surface area contributed by atoms with Crippen molar-refractivity contribution in [1.82, 2.24) is 0 Å². The molecule has 120 valence electrons. The van der Waals surface area contributed by atoms with E-state index in [0.29, 0.717) is 12.5 Å². The fraction of sp³-hybridized carbons (Fsp3) is 0.500. The zero-order chi connectivity index (χ0) is 16.4. The van der Waals surface area contributed by atoms with Crippen LogP contribution < -0.4 is 15.4 Å². The van der Waals surface area contributed by atoms with E-state index in [9.17, 15) is 4.79 Å². The maximum Gasteiger partial charge on any atom is 0.268 e. The average Bonchev–Trinajstić information content (AvgIpc) is 2.48. The number of amides is 1. The van der Waals surface area contributed by atoms with E-state index in [1.807, 2.05) is 32.0 Å². The number of rotatable bonds is 5. The maximum absolute atomic E-state index is 12.7. The lowest BCUT2D eigenvalue weighted by atomic mass is 9.95. The Hall–Kier alpha value is -1.81. The normalized spacial score (nSPS) is 19.1. The Morgan fingerprint density at radius 1 is 1.36 bits per heavy atom. The number of carbonyl (C=O) groups is 1. The van der Waals surface area contributed by atoms with Crippen LogP contribution >= 0.6 is 0 Å². The highest BCUT2D eigenvalue weighted by Gasteiger charge is 2.36. The van der Waals surface area contributed by atoms with Gasteiger partial charge in [0.05, 0.1) is 5.69 Å². The Morgan fingerprint density at radius 3 is 2.59 bits per heavy atom. The molecule has 0 saturated carbocycles. The monoisotopic (exact) mass is 302 g/mol. The average molecular weight is 302 g/mol. The van der Waals surface area contributed by atoms with Crippen LogP contribution in [-0.2, 0) is 4.79 Å². The highest BCUT2D eigenvalue weighted by molar-refractivity contribution is 6.00. The standard InChI is InChI=1S/C18H26N2O2/c1-6-9-20-14-10-13(16(19)11(2)3)7-8-15(14)22-17(12(4)5)18(20)21/h6-8,10-12,16-17H,1,9,19H2,2-5H3. The molecule has 0 aliphatic carbocycles. The van der Waals surface area contributed by atoms with Gasteiger partial charge in [-0.15, -0.1) is 6.58 Å². The summed E-state index contributed by atoms with van der Waals surface area (Å²) in [5, 5.41) is 0. The molecule has 1 aromatic rings. The van der Waals surface area contributed by atoms with Crippen LogP contribution in [0.5, 0.6) is 5.75 Å². The Balaban J connectivity index is 2.46. The van der Waals surface area contributed by atoms with Crippen molar-refractivity contribution in [3.05, 3.63) is 36.4 Å². The summed E-state index contributed by atoms with van der Waals surface area (Å²) in [5.41, 5.74) is 8.04. The van der Waals surface area contributed by atoms with Gasteiger partial charge >= 0.3 is 0 Å². The molecule has 4 nitrogen and oxygen atoms in total. The van der Waals surface area contributed by atoms with E-state index in [2.05, 4.69) is 20.4 Å². The van der Waals surface area contributed by atoms with Crippen molar-refractivity contribution >= 4 is 11.6 Å². The van der Waals surface area contributed by atoms with Gasteiger partial charge < -0.3 is 15.4 Å². The first-order valence-corrected chi connectivity index (χ1v) is 7.85. The molecule has 0 aromatic heterocycles. The Kier molecular flexibility index (Phi) is 4.91. The van der Waals surface area contributed by atoms with E-state index in [0.717, 1.165) is 17.0 Å². The molecule has 0 fully saturated rings. The predicted molar refractivity (Wildman–Crippen MR) is 90.0 cm³/mol. The molecule has 22 heavy (non-hydrogen) atoms. The van der Waals surface area contributed by atoms with Crippen molar-refractivity contribution in [3.63, 3.8) is 0 Å². The van der Waals surface area contributed by atoms with Crippen LogP contribution in [-0.4, -0.2) is 18.6 Å². The molecule has 2 unspecified atom stereocenters. The number of ether oxygens (including phenoxy) is 1. The Labute approximate surface area is 132 Å². The van der Waals surface area contributed by atoms with Crippen LogP contribution in [0.25, 0.3) is 0 Å². The maximum atomic E-state index is 12.7. The number of nitrogens with two attached hydrogens (primary N) is 1. The van der Waals surface area contributed by atoms with Gasteiger partial charge in [-0.05, 0) is 29.5 Å². The van der Waals surface area contributed by atoms with Crippen molar-refractivity contribution in [1.29, 1.82) is 0 Å². The summed E-state index contributed by atoms with van der Waals surface area (Å²) < 4.78 is 5.91. The molecule has 1 heterocycles. The van der Waals surface area contributed by atoms with Gasteiger partial charge in [0.15, 0.2) is 6.10 Å². The van der Waals surface area contributed by atoms with Crippen molar-refractivity contribution in [2.24, 2.45) is 17.6 Å². The third-order valence-electron chi connectivity index (χ3n) is 4.06. The minimum atomic E-state index is -0.447. The SMILES string of the molecule is C=CCN1C(=O)C(C(C)C)Oc2ccc(C(N)C(C)C)cc21. The summed E-state index contributed by atoms with van der Waals surface area (Å²) in [6.07, 6.45) is 1.29. The molecule has 2 rings (SSSR count). The molecule has 0 spiro atoms. The fourth-order valence-corrected chi connectivity index (χ4v) is 2.64. The first-order chi connectivity index (χ1) is 10.4. The first kappa shape index (κ1) is 16.6. The van der Waals surface area contributed by atoms with Gasteiger partial charge in [0.2, 0.25) is 0 Å². The lowest BCUT2D eigenvalue weighted by molar-refractivity contribution is -0.128.